The number of rotatable bonds is 3. The van der Waals surface area contributed by atoms with Crippen LogP contribution in [0.25, 0.3) is 0 Å². The number of piperidine rings is 1. The number of carbonyl (C=O) groups is 1. The van der Waals surface area contributed by atoms with Crippen molar-refractivity contribution in [2.75, 3.05) is 6.54 Å². The average molecular weight is 368 g/mol. The quantitative estimate of drug-likeness (QED) is 0.860. The highest BCUT2D eigenvalue weighted by atomic mass is 35.5. The number of aryl methyl sites for hydroxylation is 2. The molecule has 0 aromatic carbocycles. The number of aromatic nitrogens is 1. The van der Waals surface area contributed by atoms with Gasteiger partial charge in [0.2, 0.25) is 5.91 Å². The third kappa shape index (κ3) is 5.08. The Labute approximate surface area is 149 Å². The molecule has 1 aromatic rings. The number of carbonyl (C=O) groups excluding carboxylic acids is 1. The van der Waals surface area contributed by atoms with Crippen molar-refractivity contribution in [2.24, 2.45) is 5.92 Å². The van der Waals surface area contributed by atoms with Crippen LogP contribution in [0.3, 0.4) is 0 Å². The highest BCUT2D eigenvalue weighted by Gasteiger charge is 2.31. The van der Waals surface area contributed by atoms with Crippen molar-refractivity contribution in [3.05, 3.63) is 15.6 Å². The van der Waals surface area contributed by atoms with Crippen molar-refractivity contribution in [3.63, 3.8) is 0 Å². The summed E-state index contributed by atoms with van der Waals surface area (Å²) in [5.74, 6) is 0.279. The molecule has 2 N–H and O–H groups in total. The van der Waals surface area contributed by atoms with Crippen molar-refractivity contribution in [2.45, 2.75) is 59.0 Å². The smallest absolute Gasteiger partial charge is 0.223 e. The van der Waals surface area contributed by atoms with Crippen molar-refractivity contribution >= 4 is 42.1 Å². The van der Waals surface area contributed by atoms with Gasteiger partial charge in [0.1, 0.15) is 5.01 Å². The molecule has 1 aliphatic heterocycles. The lowest BCUT2D eigenvalue weighted by molar-refractivity contribution is -0.127. The molecule has 7 heteroatoms. The van der Waals surface area contributed by atoms with Gasteiger partial charge in [-0.25, -0.2) is 4.98 Å². The Kier molecular flexibility index (Phi) is 8.34. The highest BCUT2D eigenvalue weighted by Crippen LogP contribution is 2.28. The van der Waals surface area contributed by atoms with Gasteiger partial charge in [0.25, 0.3) is 0 Å². The zero-order chi connectivity index (χ0) is 14.9. The van der Waals surface area contributed by atoms with Gasteiger partial charge in [0, 0.05) is 16.8 Å². The highest BCUT2D eigenvalue weighted by molar-refractivity contribution is 7.11. The van der Waals surface area contributed by atoms with E-state index < -0.39 is 5.54 Å². The molecular formula is C15H27Cl2N3OS. The van der Waals surface area contributed by atoms with Crippen LogP contribution in [0.1, 0.15) is 49.2 Å². The summed E-state index contributed by atoms with van der Waals surface area (Å²) in [6.45, 7) is 11.2. The fourth-order valence-electron chi connectivity index (χ4n) is 2.57. The Balaban J connectivity index is 0.00000220. The van der Waals surface area contributed by atoms with E-state index >= 15 is 0 Å². The molecule has 1 amide bonds. The fraction of sp³-hybridized carbons (Fsp3) is 0.733. The van der Waals surface area contributed by atoms with Gasteiger partial charge in [-0.1, -0.05) is 0 Å². The molecule has 0 radical (unpaired) electrons. The first-order valence-corrected chi connectivity index (χ1v) is 8.11. The second-order valence-electron chi connectivity index (χ2n) is 6.35. The van der Waals surface area contributed by atoms with E-state index in [2.05, 4.69) is 29.5 Å². The topological polar surface area (TPSA) is 54.0 Å². The van der Waals surface area contributed by atoms with Gasteiger partial charge >= 0.3 is 0 Å². The lowest BCUT2D eigenvalue weighted by Crippen LogP contribution is -2.48. The molecule has 1 saturated heterocycles. The minimum atomic E-state index is -0.394. The number of nitrogens with zero attached hydrogens (tertiary/aromatic N) is 1. The second kappa shape index (κ2) is 8.48. The molecule has 4 nitrogen and oxygen atoms in total. The maximum Gasteiger partial charge on any atom is 0.223 e. The summed E-state index contributed by atoms with van der Waals surface area (Å²) < 4.78 is 0. The van der Waals surface area contributed by atoms with Gasteiger partial charge in [0.15, 0.2) is 0 Å². The molecule has 2 heterocycles. The molecule has 0 unspecified atom stereocenters. The minimum absolute atomic E-state index is 0. The summed E-state index contributed by atoms with van der Waals surface area (Å²) >= 11 is 1.67. The first-order chi connectivity index (χ1) is 9.29. The monoisotopic (exact) mass is 367 g/mol. The molecular weight excluding hydrogens is 341 g/mol. The Morgan fingerprint density at radius 2 is 2.00 bits per heavy atom. The first-order valence-electron chi connectivity index (χ1n) is 7.29. The van der Waals surface area contributed by atoms with Crippen molar-refractivity contribution < 1.29 is 4.79 Å². The molecule has 0 aliphatic carbocycles. The lowest BCUT2D eigenvalue weighted by atomic mass is 9.91. The number of halogens is 2. The lowest BCUT2D eigenvalue weighted by Gasteiger charge is -2.31. The van der Waals surface area contributed by atoms with E-state index in [4.69, 9.17) is 0 Å². The van der Waals surface area contributed by atoms with E-state index in [0.717, 1.165) is 30.1 Å². The average Bonchev–Trinajstić information content (AvgIpc) is 2.70. The van der Waals surface area contributed by atoms with Crippen LogP contribution in [-0.4, -0.2) is 23.5 Å². The van der Waals surface area contributed by atoms with E-state index in [9.17, 15) is 4.79 Å². The predicted octanol–water partition coefficient (Wildman–Crippen LogP) is 3.34. The van der Waals surface area contributed by atoms with E-state index in [1.165, 1.54) is 4.88 Å². The molecule has 1 aromatic heterocycles. The standard InChI is InChI=1S/C15H25N3OS.2ClH/c1-9-8-12(6-7-16-9)13(19)18-15(4,5)14-17-10(2)11(3)20-14;;/h9,12,16H,6-8H2,1-5H3,(H,18,19);2*1H/t9-,12-;;/m0../s1. The van der Waals surface area contributed by atoms with Crippen LogP contribution in [0, 0.1) is 19.8 Å². The number of thiazole rings is 1. The summed E-state index contributed by atoms with van der Waals surface area (Å²) in [4.78, 5) is 18.3. The summed E-state index contributed by atoms with van der Waals surface area (Å²) in [5.41, 5.74) is 0.664. The molecule has 0 bridgehead atoms. The van der Waals surface area contributed by atoms with E-state index in [1.807, 2.05) is 20.8 Å². The zero-order valence-electron chi connectivity index (χ0n) is 13.9. The molecule has 1 fully saturated rings. The maximum atomic E-state index is 12.5. The van der Waals surface area contributed by atoms with Crippen LogP contribution in [0.15, 0.2) is 0 Å². The minimum Gasteiger partial charge on any atom is -0.344 e. The summed E-state index contributed by atoms with van der Waals surface area (Å²) in [6.07, 6.45) is 1.83. The predicted molar refractivity (Wildman–Crippen MR) is 97.4 cm³/mol. The summed E-state index contributed by atoms with van der Waals surface area (Å²) in [6, 6.07) is 0.423. The van der Waals surface area contributed by atoms with Gasteiger partial charge in [-0.05, 0) is 54.0 Å². The first kappa shape index (κ1) is 21.6. The van der Waals surface area contributed by atoms with Gasteiger partial charge in [0.05, 0.1) is 11.2 Å². The molecule has 1 aliphatic rings. The van der Waals surface area contributed by atoms with Crippen molar-refractivity contribution in [3.8, 4) is 0 Å². The van der Waals surface area contributed by atoms with Gasteiger partial charge in [-0.2, -0.15) is 0 Å². The molecule has 22 heavy (non-hydrogen) atoms. The molecule has 0 saturated carbocycles. The molecule has 2 rings (SSSR count). The van der Waals surface area contributed by atoms with E-state index in [-0.39, 0.29) is 36.6 Å². The van der Waals surface area contributed by atoms with Gasteiger partial charge < -0.3 is 10.6 Å². The summed E-state index contributed by atoms with van der Waals surface area (Å²) in [7, 11) is 0. The third-order valence-corrected chi connectivity index (χ3v) is 5.39. The SMILES string of the molecule is Cc1nc(C(C)(C)NC(=O)[C@H]2CCN[C@@H](C)C2)sc1C.Cl.Cl. The fourth-order valence-corrected chi connectivity index (χ4v) is 3.55. The number of hydrogen-bond acceptors (Lipinski definition) is 4. The van der Waals surface area contributed by atoms with Crippen molar-refractivity contribution in [1.82, 2.24) is 15.6 Å². The Bertz CT molecular complexity index is 485. The zero-order valence-corrected chi connectivity index (χ0v) is 16.3. The van der Waals surface area contributed by atoms with Crippen LogP contribution >= 0.6 is 36.2 Å². The molecule has 128 valence electrons. The van der Waals surface area contributed by atoms with Crippen LogP contribution < -0.4 is 10.6 Å². The van der Waals surface area contributed by atoms with Crippen LogP contribution in [0.5, 0.6) is 0 Å². The van der Waals surface area contributed by atoms with E-state index in [0.29, 0.717) is 6.04 Å². The Hall–Kier alpha value is -0.360. The van der Waals surface area contributed by atoms with Crippen molar-refractivity contribution in [1.29, 1.82) is 0 Å². The van der Waals surface area contributed by atoms with Crippen LogP contribution in [0.2, 0.25) is 0 Å². The molecule has 2 atom stereocenters. The van der Waals surface area contributed by atoms with Crippen LogP contribution in [-0.2, 0) is 10.3 Å². The van der Waals surface area contributed by atoms with Gasteiger partial charge in [-0.3, -0.25) is 4.79 Å². The largest absolute Gasteiger partial charge is 0.344 e. The number of amides is 1. The Morgan fingerprint density at radius 1 is 1.36 bits per heavy atom. The second-order valence-corrected chi connectivity index (χ2v) is 7.55. The molecule has 0 spiro atoms. The normalized spacial score (nSPS) is 21.5. The van der Waals surface area contributed by atoms with Crippen LogP contribution in [0.4, 0.5) is 0 Å². The number of nitrogens with one attached hydrogen (secondary N) is 2. The van der Waals surface area contributed by atoms with E-state index in [1.54, 1.807) is 11.3 Å². The third-order valence-electron chi connectivity index (χ3n) is 3.99. The maximum absolute atomic E-state index is 12.5. The van der Waals surface area contributed by atoms with Gasteiger partial charge in [-0.15, -0.1) is 36.2 Å². The Morgan fingerprint density at radius 3 is 2.50 bits per heavy atom. The summed E-state index contributed by atoms with van der Waals surface area (Å²) in [5, 5.41) is 7.56. The number of hydrogen-bond donors (Lipinski definition) is 2.